The smallest absolute Gasteiger partial charge is 0.162 e. The van der Waals surface area contributed by atoms with Crippen LogP contribution < -0.4 is 5.32 Å². The largest absolute Gasteiger partial charge is 0.314 e. The first-order chi connectivity index (χ1) is 9.12. The summed E-state index contributed by atoms with van der Waals surface area (Å²) in [5.41, 5.74) is 0.469. The van der Waals surface area contributed by atoms with Crippen molar-refractivity contribution in [3.8, 4) is 0 Å². The maximum atomic E-state index is 13.7. The first-order valence-corrected chi connectivity index (χ1v) is 7.28. The molecule has 0 fully saturated rings. The van der Waals surface area contributed by atoms with Crippen LogP contribution in [0.2, 0.25) is 0 Å². The van der Waals surface area contributed by atoms with Gasteiger partial charge >= 0.3 is 0 Å². The molecule has 1 aromatic carbocycles. The zero-order valence-electron chi connectivity index (χ0n) is 12.2. The van der Waals surface area contributed by atoms with E-state index >= 15 is 0 Å². The minimum absolute atomic E-state index is 0.214. The van der Waals surface area contributed by atoms with Gasteiger partial charge in [-0.25, -0.2) is 8.78 Å². The van der Waals surface area contributed by atoms with Crippen LogP contribution in [0.25, 0.3) is 0 Å². The Hall–Kier alpha value is -0.960. The van der Waals surface area contributed by atoms with Crippen molar-refractivity contribution in [1.29, 1.82) is 0 Å². The molecule has 0 spiro atoms. The molecule has 0 saturated carbocycles. The van der Waals surface area contributed by atoms with Gasteiger partial charge in [0.15, 0.2) is 11.6 Å². The molecular weight excluding hydrogens is 244 g/mol. The average molecular weight is 269 g/mol. The summed E-state index contributed by atoms with van der Waals surface area (Å²) in [6.07, 6.45) is 3.82. The fourth-order valence-electron chi connectivity index (χ4n) is 2.52. The molecule has 0 heterocycles. The van der Waals surface area contributed by atoms with Crippen LogP contribution in [0.15, 0.2) is 18.2 Å². The lowest BCUT2D eigenvalue weighted by Gasteiger charge is -2.23. The van der Waals surface area contributed by atoms with Gasteiger partial charge in [-0.3, -0.25) is 0 Å². The number of rotatable bonds is 8. The summed E-state index contributed by atoms with van der Waals surface area (Å²) in [4.78, 5) is 0. The first kappa shape index (κ1) is 16.1. The standard InChI is InChI=1S/C16H25F2N/c1-4-12(5-2)10-14(19-6-3)11-13-8-7-9-15(17)16(13)18/h7-9,12,14,19H,4-6,10-11H2,1-3H3. The lowest BCUT2D eigenvalue weighted by Crippen LogP contribution is -2.33. The summed E-state index contributed by atoms with van der Waals surface area (Å²) >= 11 is 0. The Labute approximate surface area is 115 Å². The van der Waals surface area contributed by atoms with Gasteiger partial charge in [-0.2, -0.15) is 0 Å². The van der Waals surface area contributed by atoms with E-state index in [1.165, 1.54) is 6.07 Å². The van der Waals surface area contributed by atoms with Gasteiger partial charge in [0.05, 0.1) is 0 Å². The van der Waals surface area contributed by atoms with Crippen molar-refractivity contribution in [3.05, 3.63) is 35.4 Å². The van der Waals surface area contributed by atoms with Gasteiger partial charge in [-0.15, -0.1) is 0 Å². The molecule has 1 unspecified atom stereocenters. The van der Waals surface area contributed by atoms with E-state index in [1.54, 1.807) is 12.1 Å². The summed E-state index contributed by atoms with van der Waals surface area (Å²) in [6, 6.07) is 4.64. The third-order valence-electron chi connectivity index (χ3n) is 3.76. The Morgan fingerprint density at radius 3 is 2.37 bits per heavy atom. The van der Waals surface area contributed by atoms with Crippen LogP contribution in [0.5, 0.6) is 0 Å². The van der Waals surface area contributed by atoms with Gasteiger partial charge in [-0.05, 0) is 36.9 Å². The van der Waals surface area contributed by atoms with E-state index in [0.717, 1.165) is 25.8 Å². The molecule has 108 valence electrons. The Morgan fingerprint density at radius 1 is 1.11 bits per heavy atom. The quantitative estimate of drug-likeness (QED) is 0.741. The van der Waals surface area contributed by atoms with Crippen LogP contribution in [0, 0.1) is 17.6 Å². The second-order valence-electron chi connectivity index (χ2n) is 5.09. The zero-order chi connectivity index (χ0) is 14.3. The molecule has 3 heteroatoms. The van der Waals surface area contributed by atoms with E-state index in [2.05, 4.69) is 19.2 Å². The molecular formula is C16H25F2N. The molecule has 1 nitrogen and oxygen atoms in total. The molecule has 0 radical (unpaired) electrons. The fourth-order valence-corrected chi connectivity index (χ4v) is 2.52. The van der Waals surface area contributed by atoms with Crippen LogP contribution in [0.4, 0.5) is 8.78 Å². The van der Waals surface area contributed by atoms with Gasteiger partial charge in [0, 0.05) is 6.04 Å². The van der Waals surface area contributed by atoms with E-state index in [9.17, 15) is 8.78 Å². The molecule has 0 bridgehead atoms. The minimum Gasteiger partial charge on any atom is -0.314 e. The van der Waals surface area contributed by atoms with Crippen molar-refractivity contribution in [2.45, 2.75) is 52.5 Å². The predicted molar refractivity (Wildman–Crippen MR) is 76.2 cm³/mol. The van der Waals surface area contributed by atoms with Crippen LogP contribution in [0.3, 0.4) is 0 Å². The Balaban J connectivity index is 2.74. The zero-order valence-corrected chi connectivity index (χ0v) is 12.2. The number of halogens is 2. The van der Waals surface area contributed by atoms with Crippen LogP contribution in [0.1, 0.15) is 45.6 Å². The number of hydrogen-bond donors (Lipinski definition) is 1. The van der Waals surface area contributed by atoms with Crippen molar-refractivity contribution in [2.75, 3.05) is 6.54 Å². The van der Waals surface area contributed by atoms with Crippen LogP contribution in [-0.2, 0) is 6.42 Å². The van der Waals surface area contributed by atoms with Crippen molar-refractivity contribution in [2.24, 2.45) is 5.92 Å². The minimum atomic E-state index is -0.754. The average Bonchev–Trinajstić information content (AvgIpc) is 2.41. The van der Waals surface area contributed by atoms with E-state index in [-0.39, 0.29) is 6.04 Å². The normalized spacial score (nSPS) is 12.9. The second-order valence-corrected chi connectivity index (χ2v) is 5.09. The highest BCUT2D eigenvalue weighted by atomic mass is 19.2. The Kier molecular flexibility index (Phi) is 7.00. The van der Waals surface area contributed by atoms with Gasteiger partial charge < -0.3 is 5.32 Å². The topological polar surface area (TPSA) is 12.0 Å². The monoisotopic (exact) mass is 269 g/mol. The highest BCUT2D eigenvalue weighted by Gasteiger charge is 2.17. The number of likely N-dealkylation sites (N-methyl/N-ethyl adjacent to an activating group) is 1. The highest BCUT2D eigenvalue weighted by molar-refractivity contribution is 5.20. The predicted octanol–water partition coefficient (Wildman–Crippen LogP) is 4.31. The van der Waals surface area contributed by atoms with E-state index in [1.807, 2.05) is 6.92 Å². The van der Waals surface area contributed by atoms with Crippen molar-refractivity contribution < 1.29 is 8.78 Å². The van der Waals surface area contributed by atoms with Gasteiger partial charge in [0.25, 0.3) is 0 Å². The molecule has 0 aliphatic rings. The van der Waals surface area contributed by atoms with Crippen LogP contribution >= 0.6 is 0 Å². The number of nitrogens with one attached hydrogen (secondary N) is 1. The molecule has 0 aromatic heterocycles. The summed E-state index contributed by atoms with van der Waals surface area (Å²) < 4.78 is 26.9. The molecule has 1 N–H and O–H groups in total. The summed E-state index contributed by atoms with van der Waals surface area (Å²) in [7, 11) is 0. The van der Waals surface area contributed by atoms with E-state index in [4.69, 9.17) is 0 Å². The number of benzene rings is 1. The number of hydrogen-bond acceptors (Lipinski definition) is 1. The van der Waals surface area contributed by atoms with Gasteiger partial charge in [0.1, 0.15) is 0 Å². The molecule has 0 amide bonds. The third kappa shape index (κ3) is 4.90. The maximum absolute atomic E-state index is 13.7. The maximum Gasteiger partial charge on any atom is 0.162 e. The van der Waals surface area contributed by atoms with Crippen molar-refractivity contribution >= 4 is 0 Å². The van der Waals surface area contributed by atoms with Crippen LogP contribution in [-0.4, -0.2) is 12.6 Å². The van der Waals surface area contributed by atoms with Gasteiger partial charge in [0.2, 0.25) is 0 Å². The fraction of sp³-hybridized carbons (Fsp3) is 0.625. The summed E-state index contributed by atoms with van der Waals surface area (Å²) in [6.45, 7) is 7.25. The molecule has 1 atom stereocenters. The van der Waals surface area contributed by atoms with E-state index < -0.39 is 11.6 Å². The third-order valence-corrected chi connectivity index (χ3v) is 3.76. The molecule has 0 aliphatic heterocycles. The summed E-state index contributed by atoms with van der Waals surface area (Å²) in [5, 5.41) is 3.39. The second kappa shape index (κ2) is 8.26. The molecule has 19 heavy (non-hydrogen) atoms. The van der Waals surface area contributed by atoms with Crippen molar-refractivity contribution in [1.82, 2.24) is 5.32 Å². The first-order valence-electron chi connectivity index (χ1n) is 7.28. The molecule has 0 saturated heterocycles. The highest BCUT2D eigenvalue weighted by Crippen LogP contribution is 2.19. The van der Waals surface area contributed by atoms with E-state index in [0.29, 0.717) is 17.9 Å². The Bertz CT molecular complexity index is 375. The molecule has 1 aromatic rings. The van der Waals surface area contributed by atoms with Crippen molar-refractivity contribution in [3.63, 3.8) is 0 Å². The SMILES string of the molecule is CCNC(Cc1cccc(F)c1F)CC(CC)CC. The lowest BCUT2D eigenvalue weighted by molar-refractivity contribution is 0.363. The lowest BCUT2D eigenvalue weighted by atomic mass is 9.91. The summed E-state index contributed by atoms with van der Waals surface area (Å²) in [5.74, 6) is -0.814. The molecule has 1 rings (SSSR count). The Morgan fingerprint density at radius 2 is 1.79 bits per heavy atom. The molecule has 0 aliphatic carbocycles. The van der Waals surface area contributed by atoms with Gasteiger partial charge in [-0.1, -0.05) is 45.7 Å².